The van der Waals surface area contributed by atoms with Crippen molar-refractivity contribution in [3.63, 3.8) is 0 Å². The van der Waals surface area contributed by atoms with Gasteiger partial charge in [0, 0.05) is 6.42 Å². The Balaban J connectivity index is 1.97. The standard InChI is InChI=1S/C15H19NO/c1-17-15-7-5-12(6-8-15)11-14-4-2-3-13(14)9-10-16/h5-8,13-14H,2-4,9,11H2,1H3/t13-,14-/m0/s1. The second-order valence-electron chi connectivity index (χ2n) is 4.87. The lowest BCUT2D eigenvalue weighted by Crippen LogP contribution is -2.10. The summed E-state index contributed by atoms with van der Waals surface area (Å²) >= 11 is 0. The summed E-state index contributed by atoms with van der Waals surface area (Å²) in [5.74, 6) is 2.22. The summed E-state index contributed by atoms with van der Waals surface area (Å²) in [7, 11) is 1.69. The van der Waals surface area contributed by atoms with E-state index in [9.17, 15) is 0 Å². The molecule has 0 radical (unpaired) electrons. The number of nitriles is 1. The average Bonchev–Trinajstić information content (AvgIpc) is 2.78. The van der Waals surface area contributed by atoms with Crippen LogP contribution in [0.2, 0.25) is 0 Å². The minimum Gasteiger partial charge on any atom is -0.497 e. The molecule has 2 nitrogen and oxygen atoms in total. The molecule has 2 rings (SSSR count). The minimum atomic E-state index is 0.613. The quantitative estimate of drug-likeness (QED) is 0.790. The molecule has 0 aromatic heterocycles. The normalized spacial score (nSPS) is 23.3. The van der Waals surface area contributed by atoms with Gasteiger partial charge in [0.2, 0.25) is 0 Å². The Morgan fingerprint density at radius 2 is 1.94 bits per heavy atom. The summed E-state index contributed by atoms with van der Waals surface area (Å²) in [6.07, 6.45) is 5.62. The third-order valence-electron chi connectivity index (χ3n) is 3.83. The fourth-order valence-corrected chi connectivity index (χ4v) is 2.83. The predicted molar refractivity (Wildman–Crippen MR) is 67.8 cm³/mol. The zero-order valence-electron chi connectivity index (χ0n) is 10.4. The van der Waals surface area contributed by atoms with E-state index >= 15 is 0 Å². The van der Waals surface area contributed by atoms with Gasteiger partial charge in [-0.15, -0.1) is 0 Å². The van der Waals surface area contributed by atoms with Gasteiger partial charge in [-0.2, -0.15) is 5.26 Å². The molecule has 1 aromatic rings. The molecular formula is C15H19NO. The molecule has 0 amide bonds. The first-order valence-corrected chi connectivity index (χ1v) is 6.33. The molecule has 1 saturated carbocycles. The first kappa shape index (κ1) is 12.0. The van der Waals surface area contributed by atoms with Gasteiger partial charge in [0.05, 0.1) is 13.2 Å². The molecule has 1 aliphatic rings. The summed E-state index contributed by atoms with van der Waals surface area (Å²) < 4.78 is 5.16. The van der Waals surface area contributed by atoms with E-state index in [1.54, 1.807) is 7.11 Å². The van der Waals surface area contributed by atoms with Gasteiger partial charge in [-0.3, -0.25) is 0 Å². The molecule has 0 saturated heterocycles. The highest BCUT2D eigenvalue weighted by atomic mass is 16.5. The molecule has 17 heavy (non-hydrogen) atoms. The topological polar surface area (TPSA) is 33.0 Å². The van der Waals surface area contributed by atoms with Gasteiger partial charge in [-0.1, -0.05) is 18.6 Å². The number of hydrogen-bond acceptors (Lipinski definition) is 2. The molecule has 1 aromatic carbocycles. The highest BCUT2D eigenvalue weighted by molar-refractivity contribution is 5.27. The maximum Gasteiger partial charge on any atom is 0.118 e. The van der Waals surface area contributed by atoms with Crippen molar-refractivity contribution in [1.82, 2.24) is 0 Å². The summed E-state index contributed by atoms with van der Waals surface area (Å²) in [6, 6.07) is 10.6. The molecular weight excluding hydrogens is 210 g/mol. The molecule has 1 fully saturated rings. The fourth-order valence-electron chi connectivity index (χ4n) is 2.83. The van der Waals surface area contributed by atoms with Crippen LogP contribution in [0.1, 0.15) is 31.2 Å². The van der Waals surface area contributed by atoms with Crippen LogP contribution in [0.15, 0.2) is 24.3 Å². The molecule has 0 heterocycles. The van der Waals surface area contributed by atoms with Crippen LogP contribution in [0, 0.1) is 23.2 Å². The molecule has 0 spiro atoms. The van der Waals surface area contributed by atoms with Crippen LogP contribution in [0.25, 0.3) is 0 Å². The summed E-state index contributed by atoms with van der Waals surface area (Å²) in [5, 5.41) is 8.81. The first-order valence-electron chi connectivity index (χ1n) is 6.33. The zero-order valence-corrected chi connectivity index (χ0v) is 10.4. The van der Waals surface area contributed by atoms with E-state index in [0.29, 0.717) is 11.8 Å². The number of methoxy groups -OCH3 is 1. The second-order valence-corrected chi connectivity index (χ2v) is 4.87. The SMILES string of the molecule is COc1ccc(C[C@@H]2CCC[C@H]2CC#N)cc1. The molecule has 1 aliphatic carbocycles. The zero-order chi connectivity index (χ0) is 12.1. The van der Waals surface area contributed by atoms with Crippen molar-refractivity contribution < 1.29 is 4.74 Å². The highest BCUT2D eigenvalue weighted by Crippen LogP contribution is 2.36. The fraction of sp³-hybridized carbons (Fsp3) is 0.533. The molecule has 0 N–H and O–H groups in total. The third kappa shape index (κ3) is 3.00. The molecule has 0 bridgehead atoms. The van der Waals surface area contributed by atoms with Crippen LogP contribution in [0.4, 0.5) is 0 Å². The van der Waals surface area contributed by atoms with E-state index in [1.165, 1.54) is 24.8 Å². The van der Waals surface area contributed by atoms with Gasteiger partial charge < -0.3 is 4.74 Å². The van der Waals surface area contributed by atoms with E-state index in [1.807, 2.05) is 12.1 Å². The first-order chi connectivity index (χ1) is 8.33. The van der Waals surface area contributed by atoms with Gasteiger partial charge in [-0.25, -0.2) is 0 Å². The number of nitrogens with zero attached hydrogens (tertiary/aromatic N) is 1. The van der Waals surface area contributed by atoms with Crippen molar-refractivity contribution >= 4 is 0 Å². The Hall–Kier alpha value is -1.49. The van der Waals surface area contributed by atoms with E-state index in [4.69, 9.17) is 10.00 Å². The molecule has 2 heteroatoms. The van der Waals surface area contributed by atoms with E-state index in [2.05, 4.69) is 18.2 Å². The summed E-state index contributed by atoms with van der Waals surface area (Å²) in [5.41, 5.74) is 1.36. The van der Waals surface area contributed by atoms with Gasteiger partial charge in [0.1, 0.15) is 5.75 Å². The van der Waals surface area contributed by atoms with Crippen LogP contribution in [0.3, 0.4) is 0 Å². The highest BCUT2D eigenvalue weighted by Gasteiger charge is 2.26. The Kier molecular flexibility index (Phi) is 4.03. The van der Waals surface area contributed by atoms with Crippen molar-refractivity contribution in [2.75, 3.05) is 7.11 Å². The lowest BCUT2D eigenvalue weighted by molar-refractivity contribution is 0.391. The van der Waals surface area contributed by atoms with Crippen LogP contribution >= 0.6 is 0 Å². The number of hydrogen-bond donors (Lipinski definition) is 0. The summed E-state index contributed by atoms with van der Waals surface area (Å²) in [6.45, 7) is 0. The van der Waals surface area contributed by atoms with Crippen LogP contribution in [-0.4, -0.2) is 7.11 Å². The van der Waals surface area contributed by atoms with E-state index < -0.39 is 0 Å². The molecule has 2 atom stereocenters. The van der Waals surface area contributed by atoms with Crippen LogP contribution in [0.5, 0.6) is 5.75 Å². The Morgan fingerprint density at radius 1 is 1.24 bits per heavy atom. The second kappa shape index (κ2) is 5.72. The summed E-state index contributed by atoms with van der Waals surface area (Å²) in [4.78, 5) is 0. The van der Waals surface area contributed by atoms with Gasteiger partial charge in [0.15, 0.2) is 0 Å². The van der Waals surface area contributed by atoms with E-state index in [-0.39, 0.29) is 0 Å². The van der Waals surface area contributed by atoms with Crippen LogP contribution < -0.4 is 4.74 Å². The third-order valence-corrected chi connectivity index (χ3v) is 3.83. The smallest absolute Gasteiger partial charge is 0.118 e. The monoisotopic (exact) mass is 229 g/mol. The van der Waals surface area contributed by atoms with Gasteiger partial charge in [0.25, 0.3) is 0 Å². The van der Waals surface area contributed by atoms with Crippen molar-refractivity contribution in [2.24, 2.45) is 11.8 Å². The van der Waals surface area contributed by atoms with Gasteiger partial charge >= 0.3 is 0 Å². The Labute approximate surface area is 103 Å². The van der Waals surface area contributed by atoms with Crippen LogP contribution in [-0.2, 0) is 6.42 Å². The number of benzene rings is 1. The maximum absolute atomic E-state index is 8.81. The van der Waals surface area contributed by atoms with Crippen molar-refractivity contribution in [1.29, 1.82) is 5.26 Å². The lowest BCUT2D eigenvalue weighted by Gasteiger charge is -2.16. The van der Waals surface area contributed by atoms with E-state index in [0.717, 1.165) is 18.6 Å². The lowest BCUT2D eigenvalue weighted by atomic mass is 9.88. The van der Waals surface area contributed by atoms with Gasteiger partial charge in [-0.05, 0) is 48.8 Å². The van der Waals surface area contributed by atoms with Crippen molar-refractivity contribution in [3.05, 3.63) is 29.8 Å². The average molecular weight is 229 g/mol. The number of rotatable bonds is 4. The predicted octanol–water partition coefficient (Wildman–Crippen LogP) is 3.57. The minimum absolute atomic E-state index is 0.613. The molecule has 90 valence electrons. The van der Waals surface area contributed by atoms with Crippen molar-refractivity contribution in [2.45, 2.75) is 32.1 Å². The largest absolute Gasteiger partial charge is 0.497 e. The molecule has 0 unspecified atom stereocenters. The maximum atomic E-state index is 8.81. The van der Waals surface area contributed by atoms with Crippen molar-refractivity contribution in [3.8, 4) is 11.8 Å². The Morgan fingerprint density at radius 3 is 2.59 bits per heavy atom. The molecule has 0 aliphatic heterocycles. The number of ether oxygens (including phenoxy) is 1. The Bertz CT molecular complexity index is 390.